The molecule has 0 aliphatic rings. The molecule has 0 amide bonds. The van der Waals surface area contributed by atoms with E-state index in [1.807, 2.05) is 60.7 Å². The molecule has 4 aromatic rings. The van der Waals surface area contributed by atoms with E-state index in [1.165, 1.54) is 20.7 Å². The van der Waals surface area contributed by atoms with Gasteiger partial charge in [-0.2, -0.15) is 0 Å². The number of hydrogen-bond donors (Lipinski definition) is 1. The van der Waals surface area contributed by atoms with Crippen molar-refractivity contribution >= 4 is 66.0 Å². The zero-order valence-electron chi connectivity index (χ0n) is 14.9. The topological polar surface area (TPSA) is 41.5 Å². The van der Waals surface area contributed by atoms with Gasteiger partial charge in [-0.1, -0.05) is 80.3 Å². The van der Waals surface area contributed by atoms with E-state index in [0.29, 0.717) is 25.8 Å². The predicted molar refractivity (Wildman–Crippen MR) is 123 cm³/mol. The number of ketones is 1. The second-order valence-electron chi connectivity index (χ2n) is 6.07. The molecule has 0 unspecified atom stereocenters. The highest BCUT2D eigenvalue weighted by molar-refractivity contribution is 7.70. The van der Waals surface area contributed by atoms with Crippen molar-refractivity contribution in [1.82, 2.24) is 0 Å². The first-order valence-electron chi connectivity index (χ1n) is 8.66. The molecule has 0 saturated carbocycles. The Kier molecular flexibility index (Phi) is 6.11. The molecule has 29 heavy (non-hydrogen) atoms. The molecular formula is C22H14Cl2N2OS2. The molecule has 4 rings (SSSR count). The van der Waals surface area contributed by atoms with Crippen LogP contribution in [0.3, 0.4) is 0 Å². The van der Waals surface area contributed by atoms with Crippen LogP contribution in [0.25, 0.3) is 0 Å². The molecule has 144 valence electrons. The van der Waals surface area contributed by atoms with Crippen LogP contribution >= 0.6 is 43.9 Å². The first kappa shape index (κ1) is 19.9. The highest BCUT2D eigenvalue weighted by atomic mass is 35.5. The normalized spacial score (nSPS) is 11.4. The van der Waals surface area contributed by atoms with E-state index in [4.69, 9.17) is 28.2 Å². The average molecular weight is 457 g/mol. The van der Waals surface area contributed by atoms with Gasteiger partial charge in [0.15, 0.2) is 0 Å². The summed E-state index contributed by atoms with van der Waals surface area (Å²) in [4.78, 5) is 18.2. The summed E-state index contributed by atoms with van der Waals surface area (Å²) in [6, 6.07) is 24.1. The fourth-order valence-electron chi connectivity index (χ4n) is 2.70. The van der Waals surface area contributed by atoms with Gasteiger partial charge in [0.25, 0.3) is 0 Å². The van der Waals surface area contributed by atoms with Crippen LogP contribution < -0.4 is 9.99 Å². The molecule has 1 N–H and O–H groups in total. The predicted octanol–water partition coefficient (Wildman–Crippen LogP) is 7.32. The first-order valence-corrected chi connectivity index (χ1v) is 11.6. The lowest BCUT2D eigenvalue weighted by Gasteiger charge is -2.08. The summed E-state index contributed by atoms with van der Waals surface area (Å²) < 4.78 is 0.626. The van der Waals surface area contributed by atoms with E-state index in [-0.39, 0.29) is 5.78 Å². The summed E-state index contributed by atoms with van der Waals surface area (Å²) in [5, 5.41) is 4.86. The van der Waals surface area contributed by atoms with Gasteiger partial charge < -0.3 is 5.32 Å². The third kappa shape index (κ3) is 4.60. The summed E-state index contributed by atoms with van der Waals surface area (Å²) in [6.07, 6.45) is 0. The fraction of sp³-hybridized carbons (Fsp3) is 0. The van der Waals surface area contributed by atoms with Crippen LogP contribution in [0, 0.1) is 0 Å². The second kappa shape index (κ2) is 8.93. The number of hydrogen-bond acceptors (Lipinski definition) is 5. The number of carbonyl (C=O) groups is 1. The highest BCUT2D eigenvalue weighted by Crippen LogP contribution is 2.32. The van der Waals surface area contributed by atoms with Gasteiger partial charge in [0.05, 0.1) is 16.3 Å². The van der Waals surface area contributed by atoms with Crippen LogP contribution in [-0.2, 0) is 0 Å². The van der Waals surface area contributed by atoms with E-state index in [1.54, 1.807) is 18.2 Å². The van der Waals surface area contributed by atoms with Crippen LogP contribution in [0.2, 0.25) is 10.0 Å². The third-order valence-corrected chi connectivity index (χ3v) is 6.86. The standard InChI is InChI=1S/C22H14Cl2N2OS2/c23-14-11-12-18(24)17(13-14)20(27)19-21(25-15-7-3-1-4-8-15)28-29-22(19)26-16-9-5-2-6-10-16/h1-13,25H. The molecular weight excluding hydrogens is 443 g/mol. The van der Waals surface area contributed by atoms with Gasteiger partial charge in [0, 0.05) is 16.3 Å². The van der Waals surface area contributed by atoms with Gasteiger partial charge >= 0.3 is 0 Å². The van der Waals surface area contributed by atoms with E-state index < -0.39 is 0 Å². The molecule has 3 nitrogen and oxygen atoms in total. The zero-order valence-corrected chi connectivity index (χ0v) is 18.1. The molecule has 7 heteroatoms. The van der Waals surface area contributed by atoms with Crippen LogP contribution in [0.1, 0.15) is 15.9 Å². The largest absolute Gasteiger partial charge is 0.346 e. The third-order valence-electron chi connectivity index (χ3n) is 4.06. The minimum atomic E-state index is -0.219. The molecule has 1 heterocycles. The van der Waals surface area contributed by atoms with Crippen molar-refractivity contribution in [2.24, 2.45) is 4.99 Å². The number of carbonyl (C=O) groups excluding carboxylic acids is 1. The number of anilines is 2. The molecule has 0 bridgehead atoms. The van der Waals surface area contributed by atoms with Crippen LogP contribution in [-0.4, -0.2) is 5.78 Å². The summed E-state index contributed by atoms with van der Waals surface area (Å²) in [6.45, 7) is 0. The number of benzene rings is 3. The zero-order chi connectivity index (χ0) is 20.2. The lowest BCUT2D eigenvalue weighted by Crippen LogP contribution is -2.14. The van der Waals surface area contributed by atoms with E-state index in [9.17, 15) is 4.79 Å². The van der Waals surface area contributed by atoms with Crippen molar-refractivity contribution in [2.75, 3.05) is 5.32 Å². The maximum Gasteiger partial charge on any atom is 0.200 e. The maximum absolute atomic E-state index is 13.5. The van der Waals surface area contributed by atoms with Crippen LogP contribution in [0.5, 0.6) is 0 Å². The Morgan fingerprint density at radius 1 is 0.862 bits per heavy atom. The van der Waals surface area contributed by atoms with Crippen molar-refractivity contribution in [3.63, 3.8) is 0 Å². The average Bonchev–Trinajstić information content (AvgIpc) is 3.12. The monoisotopic (exact) mass is 456 g/mol. The van der Waals surface area contributed by atoms with Gasteiger partial charge in [-0.15, -0.1) is 0 Å². The fourth-order valence-corrected chi connectivity index (χ4v) is 5.38. The van der Waals surface area contributed by atoms with Gasteiger partial charge in [0.1, 0.15) is 9.67 Å². The Bertz CT molecular complexity index is 1220. The molecule has 0 aliphatic heterocycles. The number of nitrogens with zero attached hydrogens (tertiary/aromatic N) is 1. The number of para-hydroxylation sites is 2. The number of rotatable bonds is 5. The van der Waals surface area contributed by atoms with Gasteiger partial charge in [-0.05, 0) is 42.5 Å². The van der Waals surface area contributed by atoms with E-state index in [2.05, 4.69) is 5.32 Å². The molecule has 0 saturated heterocycles. The van der Waals surface area contributed by atoms with Crippen molar-refractivity contribution < 1.29 is 4.79 Å². The first-order chi connectivity index (χ1) is 14.1. The summed E-state index contributed by atoms with van der Waals surface area (Å²) in [5.74, 6) is -0.219. The molecule has 0 radical (unpaired) electrons. The lowest BCUT2D eigenvalue weighted by molar-refractivity contribution is 0.103. The van der Waals surface area contributed by atoms with Crippen LogP contribution in [0.15, 0.2) is 83.9 Å². The second-order valence-corrected chi connectivity index (χ2v) is 9.04. The van der Waals surface area contributed by atoms with Gasteiger partial charge in [-0.3, -0.25) is 4.79 Å². The Balaban J connectivity index is 1.86. The Hall–Kier alpha value is -2.44. The van der Waals surface area contributed by atoms with Gasteiger partial charge in [-0.25, -0.2) is 4.99 Å². The van der Waals surface area contributed by atoms with Crippen LogP contribution in [0.4, 0.5) is 16.4 Å². The van der Waals surface area contributed by atoms with Crippen molar-refractivity contribution in [1.29, 1.82) is 0 Å². The van der Waals surface area contributed by atoms with Crippen molar-refractivity contribution in [3.05, 3.63) is 105 Å². The Morgan fingerprint density at radius 2 is 1.55 bits per heavy atom. The minimum Gasteiger partial charge on any atom is -0.346 e. The maximum atomic E-state index is 13.5. The Labute approximate surface area is 185 Å². The minimum absolute atomic E-state index is 0.219. The molecule has 1 aromatic heterocycles. The van der Waals surface area contributed by atoms with E-state index >= 15 is 0 Å². The van der Waals surface area contributed by atoms with Crippen molar-refractivity contribution in [3.8, 4) is 0 Å². The molecule has 0 atom stereocenters. The highest BCUT2D eigenvalue weighted by Gasteiger charge is 2.22. The Morgan fingerprint density at radius 3 is 2.28 bits per heavy atom. The lowest BCUT2D eigenvalue weighted by atomic mass is 10.1. The van der Waals surface area contributed by atoms with E-state index in [0.717, 1.165) is 16.4 Å². The number of nitrogens with one attached hydrogen (secondary N) is 1. The molecule has 3 aromatic carbocycles. The molecule has 0 fully saturated rings. The molecule has 0 aliphatic carbocycles. The quantitative estimate of drug-likeness (QED) is 0.252. The SMILES string of the molecule is O=C(c1cc(Cl)ccc1Cl)c1c(Nc2ccccc2)ssc1=Nc1ccccc1. The number of halogens is 2. The van der Waals surface area contributed by atoms with Crippen molar-refractivity contribution in [2.45, 2.75) is 0 Å². The summed E-state index contributed by atoms with van der Waals surface area (Å²) >= 11 is 12.4. The summed E-state index contributed by atoms with van der Waals surface area (Å²) in [5.41, 5.74) is 2.50. The van der Waals surface area contributed by atoms with Gasteiger partial charge in [0.2, 0.25) is 5.78 Å². The summed E-state index contributed by atoms with van der Waals surface area (Å²) in [7, 11) is 2.90. The smallest absolute Gasteiger partial charge is 0.200 e. The molecule has 0 spiro atoms.